The summed E-state index contributed by atoms with van der Waals surface area (Å²) in [6, 6.07) is 1.95. The Balaban J connectivity index is 1.95. The number of hydrogen-bond acceptors (Lipinski definition) is 4. The fraction of sp³-hybridized carbons (Fsp3) is 0.600. The van der Waals surface area contributed by atoms with E-state index in [0.29, 0.717) is 6.54 Å². The number of piperazine rings is 1. The topological polar surface area (TPSA) is 57.3 Å². The van der Waals surface area contributed by atoms with E-state index in [4.69, 9.17) is 0 Å². The molecule has 1 aromatic rings. The van der Waals surface area contributed by atoms with E-state index < -0.39 is 5.54 Å². The van der Waals surface area contributed by atoms with Gasteiger partial charge in [0.15, 0.2) is 0 Å². The van der Waals surface area contributed by atoms with Crippen molar-refractivity contribution in [2.75, 3.05) is 26.2 Å². The number of aromatic nitrogens is 1. The zero-order valence-electron chi connectivity index (χ0n) is 12.6. The van der Waals surface area contributed by atoms with Gasteiger partial charge >= 0.3 is 0 Å². The summed E-state index contributed by atoms with van der Waals surface area (Å²) in [4.78, 5) is 18.8. The number of hydrogen-bond donors (Lipinski definition) is 2. The van der Waals surface area contributed by atoms with Crippen molar-refractivity contribution in [2.45, 2.75) is 32.9 Å². The van der Waals surface area contributed by atoms with Gasteiger partial charge in [0.25, 0.3) is 0 Å². The lowest BCUT2D eigenvalue weighted by Gasteiger charge is -2.39. The van der Waals surface area contributed by atoms with Gasteiger partial charge in [-0.2, -0.15) is 0 Å². The molecule has 2 rings (SSSR count). The molecule has 5 nitrogen and oxygen atoms in total. The second-order valence-electron chi connectivity index (χ2n) is 5.78. The van der Waals surface area contributed by atoms with Gasteiger partial charge < -0.3 is 10.6 Å². The molecule has 1 saturated heterocycles. The average molecular weight is 276 g/mol. The Morgan fingerprint density at radius 1 is 1.45 bits per heavy atom. The van der Waals surface area contributed by atoms with Crippen LogP contribution in [0.15, 0.2) is 18.5 Å². The van der Waals surface area contributed by atoms with Crippen molar-refractivity contribution in [3.63, 3.8) is 0 Å². The number of aryl methyl sites for hydroxylation is 1. The lowest BCUT2D eigenvalue weighted by atomic mass is 10.00. The number of carbonyl (C=O) groups is 1. The first kappa shape index (κ1) is 14.9. The van der Waals surface area contributed by atoms with Crippen LogP contribution < -0.4 is 10.6 Å². The first-order valence-corrected chi connectivity index (χ1v) is 7.15. The third-order valence-electron chi connectivity index (χ3n) is 4.04. The Labute approximate surface area is 120 Å². The highest BCUT2D eigenvalue weighted by molar-refractivity contribution is 5.85. The summed E-state index contributed by atoms with van der Waals surface area (Å²) in [5.74, 6) is 0.0793. The molecule has 0 radical (unpaired) electrons. The molecule has 0 spiro atoms. The van der Waals surface area contributed by atoms with Gasteiger partial charge in [0.05, 0.1) is 5.54 Å². The third kappa shape index (κ3) is 3.35. The standard InChI is InChI=1S/C15H24N4O/c1-12-10-17-5-4-13(12)11-18-14(20)15(2,3)19-8-6-16-7-9-19/h4-5,10,16H,6-9,11H2,1-3H3,(H,18,20). The van der Waals surface area contributed by atoms with Crippen molar-refractivity contribution >= 4 is 5.91 Å². The maximum absolute atomic E-state index is 12.5. The van der Waals surface area contributed by atoms with Gasteiger partial charge in [-0.05, 0) is 38.0 Å². The third-order valence-corrected chi connectivity index (χ3v) is 4.04. The maximum atomic E-state index is 12.5. The monoisotopic (exact) mass is 276 g/mol. The lowest BCUT2D eigenvalue weighted by molar-refractivity contribution is -0.132. The molecule has 1 amide bonds. The summed E-state index contributed by atoms with van der Waals surface area (Å²) in [7, 11) is 0. The summed E-state index contributed by atoms with van der Waals surface area (Å²) >= 11 is 0. The highest BCUT2D eigenvalue weighted by Crippen LogP contribution is 2.15. The van der Waals surface area contributed by atoms with E-state index >= 15 is 0 Å². The summed E-state index contributed by atoms with van der Waals surface area (Å²) in [6.07, 6.45) is 3.58. The number of rotatable bonds is 4. The second-order valence-corrected chi connectivity index (χ2v) is 5.78. The summed E-state index contributed by atoms with van der Waals surface area (Å²) in [6.45, 7) is 10.3. The predicted octanol–water partition coefficient (Wildman–Crippen LogP) is 0.690. The molecule has 2 heterocycles. The molecular formula is C15H24N4O. The molecule has 1 aliphatic rings. The highest BCUT2D eigenvalue weighted by atomic mass is 16.2. The maximum Gasteiger partial charge on any atom is 0.240 e. The van der Waals surface area contributed by atoms with E-state index in [0.717, 1.165) is 37.3 Å². The second kappa shape index (κ2) is 6.33. The van der Waals surface area contributed by atoms with E-state index in [2.05, 4.69) is 20.5 Å². The van der Waals surface area contributed by atoms with Gasteiger partial charge in [0.1, 0.15) is 0 Å². The Morgan fingerprint density at radius 2 is 2.15 bits per heavy atom. The van der Waals surface area contributed by atoms with Crippen LogP contribution in [0, 0.1) is 6.92 Å². The fourth-order valence-electron chi connectivity index (χ4n) is 2.46. The normalized spacial score (nSPS) is 16.9. The van der Waals surface area contributed by atoms with Crippen molar-refractivity contribution in [1.29, 1.82) is 0 Å². The van der Waals surface area contributed by atoms with Crippen molar-refractivity contribution in [1.82, 2.24) is 20.5 Å². The van der Waals surface area contributed by atoms with Crippen molar-refractivity contribution in [3.8, 4) is 0 Å². The molecule has 0 unspecified atom stereocenters. The molecule has 0 aromatic carbocycles. The average Bonchev–Trinajstić information content (AvgIpc) is 2.47. The predicted molar refractivity (Wildman–Crippen MR) is 79.3 cm³/mol. The molecule has 1 aromatic heterocycles. The summed E-state index contributed by atoms with van der Waals surface area (Å²) in [5, 5.41) is 6.36. The first-order valence-electron chi connectivity index (χ1n) is 7.15. The van der Waals surface area contributed by atoms with E-state index in [1.54, 1.807) is 6.20 Å². The van der Waals surface area contributed by atoms with E-state index in [9.17, 15) is 4.79 Å². The quantitative estimate of drug-likeness (QED) is 0.849. The smallest absolute Gasteiger partial charge is 0.240 e. The molecule has 0 saturated carbocycles. The minimum Gasteiger partial charge on any atom is -0.350 e. The molecule has 0 atom stereocenters. The van der Waals surface area contributed by atoms with Crippen LogP contribution in [0.2, 0.25) is 0 Å². The van der Waals surface area contributed by atoms with Gasteiger partial charge in [-0.25, -0.2) is 0 Å². The van der Waals surface area contributed by atoms with Gasteiger partial charge in [0, 0.05) is 45.1 Å². The van der Waals surface area contributed by atoms with Crippen molar-refractivity contribution in [3.05, 3.63) is 29.6 Å². The molecule has 110 valence electrons. The Hall–Kier alpha value is -1.46. The van der Waals surface area contributed by atoms with Crippen LogP contribution in [0.25, 0.3) is 0 Å². The van der Waals surface area contributed by atoms with Gasteiger partial charge in [0.2, 0.25) is 5.91 Å². The van der Waals surface area contributed by atoms with Crippen LogP contribution in [0.5, 0.6) is 0 Å². The molecule has 0 aliphatic carbocycles. The van der Waals surface area contributed by atoms with Gasteiger partial charge in [-0.3, -0.25) is 14.7 Å². The number of carbonyl (C=O) groups excluding carboxylic acids is 1. The van der Waals surface area contributed by atoms with Crippen LogP contribution in [-0.2, 0) is 11.3 Å². The highest BCUT2D eigenvalue weighted by Gasteiger charge is 2.34. The molecule has 1 fully saturated rings. The van der Waals surface area contributed by atoms with E-state index in [1.807, 2.05) is 33.0 Å². The zero-order valence-corrected chi connectivity index (χ0v) is 12.6. The zero-order chi connectivity index (χ0) is 14.6. The summed E-state index contributed by atoms with van der Waals surface area (Å²) < 4.78 is 0. The Kier molecular flexibility index (Phi) is 4.73. The van der Waals surface area contributed by atoms with E-state index in [-0.39, 0.29) is 5.91 Å². The number of nitrogens with one attached hydrogen (secondary N) is 2. The Bertz CT molecular complexity index is 467. The van der Waals surface area contributed by atoms with E-state index in [1.165, 1.54) is 0 Å². The van der Waals surface area contributed by atoms with Crippen LogP contribution in [0.3, 0.4) is 0 Å². The fourth-order valence-corrected chi connectivity index (χ4v) is 2.46. The van der Waals surface area contributed by atoms with Crippen LogP contribution in [0.1, 0.15) is 25.0 Å². The molecule has 20 heavy (non-hydrogen) atoms. The molecular weight excluding hydrogens is 252 g/mol. The lowest BCUT2D eigenvalue weighted by Crippen LogP contribution is -2.59. The number of amides is 1. The minimum atomic E-state index is -0.469. The van der Waals surface area contributed by atoms with Gasteiger partial charge in [-0.15, -0.1) is 0 Å². The molecule has 2 N–H and O–H groups in total. The number of nitrogens with zero attached hydrogens (tertiary/aromatic N) is 2. The SMILES string of the molecule is Cc1cnccc1CNC(=O)C(C)(C)N1CCNCC1. The van der Waals surface area contributed by atoms with Crippen LogP contribution in [0.4, 0.5) is 0 Å². The number of pyridine rings is 1. The van der Waals surface area contributed by atoms with Crippen molar-refractivity contribution < 1.29 is 4.79 Å². The Morgan fingerprint density at radius 3 is 2.80 bits per heavy atom. The molecule has 0 bridgehead atoms. The van der Waals surface area contributed by atoms with Crippen molar-refractivity contribution in [2.24, 2.45) is 0 Å². The largest absolute Gasteiger partial charge is 0.350 e. The van der Waals surface area contributed by atoms with Gasteiger partial charge in [-0.1, -0.05) is 0 Å². The van der Waals surface area contributed by atoms with Crippen LogP contribution in [-0.4, -0.2) is 47.5 Å². The first-order chi connectivity index (χ1) is 9.51. The summed E-state index contributed by atoms with van der Waals surface area (Å²) in [5.41, 5.74) is 1.75. The van der Waals surface area contributed by atoms with Crippen LogP contribution >= 0.6 is 0 Å². The molecule has 1 aliphatic heterocycles. The minimum absolute atomic E-state index is 0.0793. The molecule has 5 heteroatoms.